The molecular weight excluding hydrogens is 442 g/mol. The van der Waals surface area contributed by atoms with Crippen LogP contribution in [-0.4, -0.2) is 29.4 Å². The highest BCUT2D eigenvalue weighted by molar-refractivity contribution is 6.32. The molecule has 1 aromatic carbocycles. The number of carbonyl (C=O) groups is 4. The first kappa shape index (κ1) is 26.5. The Balaban J connectivity index is 0.000000273. The first-order valence-electron chi connectivity index (χ1n) is 11.2. The summed E-state index contributed by atoms with van der Waals surface area (Å²) < 4.78 is 5.20. The Morgan fingerprint density at radius 2 is 1.58 bits per heavy atom. The minimum Gasteiger partial charge on any atom is -0.451 e. The topological polar surface area (TPSA) is 104 Å². The molecule has 0 aromatic heterocycles. The van der Waals surface area contributed by atoms with Gasteiger partial charge in [-0.05, 0) is 95.6 Å². The Bertz CT molecular complexity index is 978. The van der Waals surface area contributed by atoms with Crippen molar-refractivity contribution in [3.8, 4) is 0 Å². The lowest BCUT2D eigenvalue weighted by Gasteiger charge is -2.15. The lowest BCUT2D eigenvalue weighted by Crippen LogP contribution is -2.26. The maximum absolute atomic E-state index is 11.8. The molecule has 1 unspecified atom stereocenters. The second-order valence-electron chi connectivity index (χ2n) is 8.65. The quantitative estimate of drug-likeness (QED) is 0.332. The van der Waals surface area contributed by atoms with Crippen molar-refractivity contribution in [2.75, 3.05) is 5.73 Å². The Morgan fingerprint density at radius 1 is 1.03 bits per heavy atom. The maximum atomic E-state index is 11.8. The average molecular weight is 474 g/mol. The van der Waals surface area contributed by atoms with E-state index in [0.29, 0.717) is 16.3 Å². The molecule has 178 valence electrons. The van der Waals surface area contributed by atoms with Crippen LogP contribution in [0.2, 0.25) is 5.02 Å². The summed E-state index contributed by atoms with van der Waals surface area (Å²) >= 11 is 6.09. The maximum Gasteiger partial charge on any atom is 0.331 e. The monoisotopic (exact) mass is 473 g/mol. The molecule has 0 heterocycles. The van der Waals surface area contributed by atoms with Gasteiger partial charge in [-0.1, -0.05) is 11.6 Å². The molecule has 0 saturated heterocycles. The number of Topliss-reactive ketones (excluding diaryl/α,β-unsaturated/α-hetero) is 3. The van der Waals surface area contributed by atoms with E-state index in [2.05, 4.69) is 0 Å². The van der Waals surface area contributed by atoms with Crippen LogP contribution in [0.4, 0.5) is 5.69 Å². The number of benzene rings is 1. The summed E-state index contributed by atoms with van der Waals surface area (Å²) in [5.74, 6) is -0.340. The van der Waals surface area contributed by atoms with Crippen LogP contribution in [0.5, 0.6) is 0 Å². The van der Waals surface area contributed by atoms with Gasteiger partial charge < -0.3 is 10.5 Å². The number of hydrogen-bond acceptors (Lipinski definition) is 6. The number of nitrogens with two attached hydrogens (primary N) is 1. The molecule has 2 N–H and O–H groups in total. The lowest BCUT2D eigenvalue weighted by atomic mass is 9.88. The number of anilines is 1. The highest BCUT2D eigenvalue weighted by atomic mass is 35.5. The number of esters is 1. The fourth-order valence-corrected chi connectivity index (χ4v) is 4.03. The molecule has 2 aliphatic carbocycles. The normalized spacial score (nSPS) is 16.6. The van der Waals surface area contributed by atoms with E-state index in [1.165, 1.54) is 13.0 Å². The number of aryl methyl sites for hydroxylation is 1. The highest BCUT2D eigenvalue weighted by Gasteiger charge is 2.36. The molecular formula is C26H32ClNO5. The van der Waals surface area contributed by atoms with E-state index in [9.17, 15) is 19.2 Å². The van der Waals surface area contributed by atoms with Gasteiger partial charge in [0.25, 0.3) is 0 Å². The van der Waals surface area contributed by atoms with Gasteiger partial charge in [0.2, 0.25) is 0 Å². The first-order chi connectivity index (χ1) is 15.5. The van der Waals surface area contributed by atoms with Crippen molar-refractivity contribution >= 4 is 46.7 Å². The zero-order chi connectivity index (χ0) is 24.7. The molecule has 1 fully saturated rings. The molecule has 7 heteroatoms. The molecule has 0 aliphatic heterocycles. The number of nitrogen functional groups attached to an aromatic ring is 1. The van der Waals surface area contributed by atoms with Crippen molar-refractivity contribution in [3.63, 3.8) is 0 Å². The number of hydrogen-bond donors (Lipinski definition) is 1. The van der Waals surface area contributed by atoms with E-state index in [-0.39, 0.29) is 23.3 Å². The number of carbonyl (C=O) groups excluding carboxylic acids is 4. The van der Waals surface area contributed by atoms with Crippen molar-refractivity contribution in [2.45, 2.75) is 72.3 Å². The van der Waals surface area contributed by atoms with Gasteiger partial charge >= 0.3 is 5.97 Å². The third kappa shape index (κ3) is 7.97. The average Bonchev–Trinajstić information content (AvgIpc) is 3.59. The van der Waals surface area contributed by atoms with Crippen molar-refractivity contribution in [2.24, 2.45) is 5.92 Å². The molecule has 0 radical (unpaired) electrons. The Labute approximate surface area is 200 Å². The Kier molecular flexibility index (Phi) is 9.59. The molecule has 0 spiro atoms. The number of ketones is 3. The number of allylic oxidation sites excluding steroid dienone is 2. The van der Waals surface area contributed by atoms with Crippen molar-refractivity contribution < 1.29 is 23.9 Å². The molecule has 33 heavy (non-hydrogen) atoms. The molecule has 3 rings (SSSR count). The molecule has 2 aliphatic rings. The number of ether oxygens (including phenoxy) is 1. The summed E-state index contributed by atoms with van der Waals surface area (Å²) in [6, 6.07) is 3.44. The standard InChI is InChI=1S/C16H18ClNO3.C10H14O2/c1-9-7-13(17)12(8-14(9)18)5-6-15(20)21-16(10(2)19)11-3-4-11;1-7(11)9-5-3-4-6-10(9)8(2)12/h5-8,11,16H,3-4,18H2,1-2H3;3-6H2,1-2H3. The minimum atomic E-state index is -0.624. The predicted molar refractivity (Wildman–Crippen MR) is 130 cm³/mol. The van der Waals surface area contributed by atoms with Crippen molar-refractivity contribution in [1.82, 2.24) is 0 Å². The van der Waals surface area contributed by atoms with E-state index >= 15 is 0 Å². The van der Waals surface area contributed by atoms with Crippen molar-refractivity contribution in [3.05, 3.63) is 45.5 Å². The van der Waals surface area contributed by atoms with Gasteiger partial charge in [0, 0.05) is 33.9 Å². The third-order valence-corrected chi connectivity index (χ3v) is 6.12. The van der Waals surface area contributed by atoms with E-state index in [0.717, 1.165) is 55.2 Å². The van der Waals surface area contributed by atoms with Gasteiger partial charge in [0.15, 0.2) is 23.5 Å². The van der Waals surface area contributed by atoms with Gasteiger partial charge in [-0.15, -0.1) is 0 Å². The largest absolute Gasteiger partial charge is 0.451 e. The zero-order valence-corrected chi connectivity index (χ0v) is 20.5. The van der Waals surface area contributed by atoms with Crippen LogP contribution < -0.4 is 5.73 Å². The second kappa shape index (κ2) is 11.9. The molecule has 6 nitrogen and oxygen atoms in total. The van der Waals surface area contributed by atoms with E-state index in [1.54, 1.807) is 32.1 Å². The fraction of sp³-hybridized carbons (Fsp3) is 0.462. The molecule has 1 saturated carbocycles. The SMILES string of the molecule is CC(=O)C(OC(=O)C=Cc1cc(N)c(C)cc1Cl)C1CC1.CC(=O)C1=C(C(C)=O)CCCC1. The molecule has 0 bridgehead atoms. The minimum absolute atomic E-state index is 0.0694. The molecule has 1 atom stereocenters. The fourth-order valence-electron chi connectivity index (χ4n) is 3.75. The first-order valence-corrected chi connectivity index (χ1v) is 11.6. The summed E-state index contributed by atoms with van der Waals surface area (Å²) in [6.45, 7) is 6.39. The predicted octanol–water partition coefficient (Wildman–Crippen LogP) is 5.19. The number of halogens is 1. The third-order valence-electron chi connectivity index (χ3n) is 5.80. The summed E-state index contributed by atoms with van der Waals surface area (Å²) in [6.07, 6.45) is 7.74. The summed E-state index contributed by atoms with van der Waals surface area (Å²) in [5.41, 5.74) is 9.48. The van der Waals surface area contributed by atoms with Gasteiger partial charge in [-0.3, -0.25) is 14.4 Å². The van der Waals surface area contributed by atoms with E-state index < -0.39 is 12.1 Å². The summed E-state index contributed by atoms with van der Waals surface area (Å²) in [7, 11) is 0. The Morgan fingerprint density at radius 3 is 2.03 bits per heavy atom. The van der Waals surface area contributed by atoms with Gasteiger partial charge in [0.1, 0.15) is 0 Å². The van der Waals surface area contributed by atoms with Gasteiger partial charge in [-0.2, -0.15) is 0 Å². The van der Waals surface area contributed by atoms with Crippen molar-refractivity contribution in [1.29, 1.82) is 0 Å². The van der Waals surface area contributed by atoms with Gasteiger partial charge in [-0.25, -0.2) is 4.79 Å². The second-order valence-corrected chi connectivity index (χ2v) is 9.05. The summed E-state index contributed by atoms with van der Waals surface area (Å²) in [5, 5.41) is 0.510. The summed E-state index contributed by atoms with van der Waals surface area (Å²) in [4.78, 5) is 45.4. The zero-order valence-electron chi connectivity index (χ0n) is 19.7. The van der Waals surface area contributed by atoms with E-state index in [1.807, 2.05) is 6.92 Å². The van der Waals surface area contributed by atoms with Crippen LogP contribution in [-0.2, 0) is 23.9 Å². The van der Waals surface area contributed by atoms with Gasteiger partial charge in [0.05, 0.1) is 0 Å². The van der Waals surface area contributed by atoms with Crippen LogP contribution in [0.25, 0.3) is 6.08 Å². The van der Waals surface area contributed by atoms with E-state index in [4.69, 9.17) is 22.1 Å². The van der Waals surface area contributed by atoms with Crippen LogP contribution in [0.15, 0.2) is 29.4 Å². The van der Waals surface area contributed by atoms with Crippen LogP contribution in [0.3, 0.4) is 0 Å². The van der Waals surface area contributed by atoms with Crippen LogP contribution in [0, 0.1) is 12.8 Å². The lowest BCUT2D eigenvalue weighted by molar-refractivity contribution is -0.150. The number of rotatable bonds is 7. The molecule has 0 amide bonds. The highest BCUT2D eigenvalue weighted by Crippen LogP contribution is 2.35. The smallest absolute Gasteiger partial charge is 0.331 e. The Hall–Kier alpha value is -2.73. The molecule has 1 aromatic rings. The van der Waals surface area contributed by atoms with Crippen LogP contribution >= 0.6 is 11.6 Å². The van der Waals surface area contributed by atoms with Crippen LogP contribution in [0.1, 0.15) is 70.4 Å².